The van der Waals surface area contributed by atoms with Gasteiger partial charge in [0.2, 0.25) is 5.78 Å². The van der Waals surface area contributed by atoms with Crippen LogP contribution in [0, 0.1) is 13.8 Å². The number of hydrogen-bond donors (Lipinski definition) is 1. The van der Waals surface area contributed by atoms with E-state index in [1.165, 1.54) is 0 Å². The van der Waals surface area contributed by atoms with Gasteiger partial charge < -0.3 is 9.30 Å². The van der Waals surface area contributed by atoms with E-state index in [1.54, 1.807) is 0 Å². The fourth-order valence-corrected chi connectivity index (χ4v) is 3.36. The third-order valence-corrected chi connectivity index (χ3v) is 5.07. The lowest BCUT2D eigenvalue weighted by atomic mass is 10.1. The fraction of sp³-hybridized carbons (Fsp3) is 0.269. The molecule has 2 aromatic carbocycles. The molecular formula is C26H29NO4. The van der Waals surface area contributed by atoms with Gasteiger partial charge in [0, 0.05) is 18.3 Å². The third-order valence-electron chi connectivity index (χ3n) is 5.07. The van der Waals surface area contributed by atoms with E-state index in [2.05, 4.69) is 4.89 Å². The smallest absolute Gasteiger partial charge is 0.209 e. The van der Waals surface area contributed by atoms with Crippen LogP contribution in [-0.2, 0) is 11.4 Å². The van der Waals surface area contributed by atoms with Gasteiger partial charge in [-0.2, -0.15) is 0 Å². The largest absolute Gasteiger partial charge is 0.488 e. The number of aromatic nitrogens is 1. The predicted octanol–water partition coefficient (Wildman–Crippen LogP) is 5.70. The lowest BCUT2D eigenvalue weighted by molar-refractivity contribution is -0.254. The Balaban J connectivity index is 1.71. The summed E-state index contributed by atoms with van der Waals surface area (Å²) >= 11 is 0. The highest BCUT2D eigenvalue weighted by molar-refractivity contribution is 6.08. The Morgan fingerprint density at radius 3 is 2.58 bits per heavy atom. The minimum Gasteiger partial charge on any atom is -0.488 e. The first-order valence-corrected chi connectivity index (χ1v) is 10.5. The summed E-state index contributed by atoms with van der Waals surface area (Å²) in [6, 6.07) is 17.3. The second kappa shape index (κ2) is 10.8. The zero-order chi connectivity index (χ0) is 22.2. The Hall–Kier alpha value is -3.15. The average molecular weight is 420 g/mol. The van der Waals surface area contributed by atoms with Crippen LogP contribution in [0.5, 0.6) is 5.75 Å². The molecule has 0 spiro atoms. The van der Waals surface area contributed by atoms with E-state index in [0.717, 1.165) is 28.9 Å². The van der Waals surface area contributed by atoms with Crippen LogP contribution in [0.15, 0.2) is 66.9 Å². The molecule has 0 unspecified atom stereocenters. The van der Waals surface area contributed by atoms with Gasteiger partial charge in [-0.25, -0.2) is 4.89 Å². The van der Waals surface area contributed by atoms with Crippen LogP contribution in [0.1, 0.15) is 46.1 Å². The predicted molar refractivity (Wildman–Crippen MR) is 123 cm³/mol. The van der Waals surface area contributed by atoms with Gasteiger partial charge in [-0.1, -0.05) is 61.0 Å². The number of carbonyl (C=O) groups excluding carboxylic acids is 1. The van der Waals surface area contributed by atoms with Gasteiger partial charge in [-0.05, 0) is 49.6 Å². The van der Waals surface area contributed by atoms with Crippen molar-refractivity contribution in [2.24, 2.45) is 0 Å². The highest BCUT2D eigenvalue weighted by atomic mass is 17.1. The van der Waals surface area contributed by atoms with Crippen molar-refractivity contribution < 1.29 is 19.7 Å². The van der Waals surface area contributed by atoms with Gasteiger partial charge in [-0.3, -0.25) is 10.1 Å². The van der Waals surface area contributed by atoms with Crippen molar-refractivity contribution in [1.82, 2.24) is 4.57 Å². The van der Waals surface area contributed by atoms with E-state index in [1.807, 2.05) is 98.3 Å². The van der Waals surface area contributed by atoms with Crippen molar-refractivity contribution in [3.8, 4) is 5.75 Å². The number of allylic oxidation sites excluding steroid dienone is 1. The van der Waals surface area contributed by atoms with E-state index in [4.69, 9.17) is 9.99 Å². The molecule has 1 atom stereocenters. The van der Waals surface area contributed by atoms with Crippen LogP contribution in [-0.4, -0.2) is 28.3 Å². The second-order valence-corrected chi connectivity index (χ2v) is 7.67. The first kappa shape index (κ1) is 22.5. The number of rotatable bonds is 10. The van der Waals surface area contributed by atoms with Gasteiger partial charge >= 0.3 is 0 Å². The molecule has 3 aromatic rings. The topological polar surface area (TPSA) is 60.7 Å². The molecule has 5 heteroatoms. The minimum atomic E-state index is -0.206. The number of hydrogen-bond acceptors (Lipinski definition) is 4. The van der Waals surface area contributed by atoms with Gasteiger partial charge in [-0.15, -0.1) is 0 Å². The molecule has 1 heterocycles. The van der Waals surface area contributed by atoms with Crippen molar-refractivity contribution in [2.75, 3.05) is 6.61 Å². The molecule has 3 rings (SSSR count). The summed E-state index contributed by atoms with van der Waals surface area (Å²) in [6.45, 7) is 6.69. The summed E-state index contributed by atoms with van der Waals surface area (Å²) in [5, 5.41) is 8.66. The molecule has 1 aromatic heterocycles. The Morgan fingerprint density at radius 2 is 1.87 bits per heavy atom. The summed E-state index contributed by atoms with van der Waals surface area (Å²) in [5.74, 6) is 0.742. The van der Waals surface area contributed by atoms with Crippen LogP contribution >= 0.6 is 0 Å². The summed E-state index contributed by atoms with van der Waals surface area (Å²) in [7, 11) is 0. The number of ether oxygens (including phenoxy) is 1. The molecule has 0 amide bonds. The molecule has 0 aliphatic rings. The quantitative estimate of drug-likeness (QED) is 0.260. The van der Waals surface area contributed by atoms with Crippen LogP contribution < -0.4 is 4.74 Å². The molecule has 5 nitrogen and oxygen atoms in total. The Bertz CT molecular complexity index is 1030. The highest BCUT2D eigenvalue weighted by Crippen LogP contribution is 2.18. The van der Waals surface area contributed by atoms with Crippen molar-refractivity contribution >= 4 is 11.9 Å². The highest BCUT2D eigenvalue weighted by Gasteiger charge is 2.14. The van der Waals surface area contributed by atoms with E-state index in [9.17, 15) is 4.79 Å². The Labute approximate surface area is 183 Å². The first-order valence-electron chi connectivity index (χ1n) is 10.5. The zero-order valence-corrected chi connectivity index (χ0v) is 18.2. The Kier molecular flexibility index (Phi) is 7.82. The second-order valence-electron chi connectivity index (χ2n) is 7.67. The Morgan fingerprint density at radius 1 is 1.10 bits per heavy atom. The molecule has 0 bridgehead atoms. The van der Waals surface area contributed by atoms with Crippen LogP contribution in [0.2, 0.25) is 0 Å². The SMILES string of the molecule is CC[C@@H](COO)Oc1cccc(C=CCn2cc(C)cc2C(=O)c2ccc(C)cc2)c1. The molecule has 0 aliphatic heterocycles. The van der Waals surface area contributed by atoms with Gasteiger partial charge in [0.05, 0.1) is 5.69 Å². The summed E-state index contributed by atoms with van der Waals surface area (Å²) in [4.78, 5) is 17.2. The molecule has 0 fully saturated rings. The van der Waals surface area contributed by atoms with E-state index < -0.39 is 0 Å². The standard InChI is InChI=1S/C26H29NO4/c1-4-23(18-30-29)31-24-9-5-7-21(16-24)8-6-14-27-17-20(3)15-25(27)26(28)22-12-10-19(2)11-13-22/h5-13,15-17,23,29H,4,14,18H2,1-3H3/t23-/m0/s1. The lowest BCUT2D eigenvalue weighted by Gasteiger charge is -2.16. The average Bonchev–Trinajstić information content (AvgIpc) is 3.14. The number of aryl methyl sites for hydroxylation is 2. The summed E-state index contributed by atoms with van der Waals surface area (Å²) < 4.78 is 7.82. The molecular weight excluding hydrogens is 390 g/mol. The van der Waals surface area contributed by atoms with Crippen LogP contribution in [0.3, 0.4) is 0 Å². The van der Waals surface area contributed by atoms with Crippen molar-refractivity contribution in [3.05, 3.63) is 94.8 Å². The van der Waals surface area contributed by atoms with E-state index in [-0.39, 0.29) is 18.5 Å². The molecule has 0 aliphatic carbocycles. The van der Waals surface area contributed by atoms with Gasteiger partial charge in [0.25, 0.3) is 0 Å². The molecule has 1 N–H and O–H groups in total. The van der Waals surface area contributed by atoms with Crippen molar-refractivity contribution in [1.29, 1.82) is 0 Å². The summed E-state index contributed by atoms with van der Waals surface area (Å²) in [6.07, 6.45) is 6.55. The fourth-order valence-electron chi connectivity index (χ4n) is 3.36. The first-order chi connectivity index (χ1) is 15.0. The molecule has 0 saturated heterocycles. The maximum absolute atomic E-state index is 13.0. The third kappa shape index (κ3) is 6.17. The van der Waals surface area contributed by atoms with Crippen LogP contribution in [0.4, 0.5) is 0 Å². The number of nitrogens with zero attached hydrogens (tertiary/aromatic N) is 1. The van der Waals surface area contributed by atoms with Crippen molar-refractivity contribution in [3.63, 3.8) is 0 Å². The number of carbonyl (C=O) groups is 1. The normalized spacial score (nSPS) is 12.3. The van der Waals surface area contributed by atoms with Crippen LogP contribution in [0.25, 0.3) is 6.08 Å². The molecule has 162 valence electrons. The zero-order valence-electron chi connectivity index (χ0n) is 18.2. The lowest BCUT2D eigenvalue weighted by Crippen LogP contribution is -2.21. The molecule has 31 heavy (non-hydrogen) atoms. The van der Waals surface area contributed by atoms with Gasteiger partial charge in [0.15, 0.2) is 0 Å². The van der Waals surface area contributed by atoms with Gasteiger partial charge in [0.1, 0.15) is 18.5 Å². The molecule has 0 saturated carbocycles. The number of ketones is 1. The summed E-state index contributed by atoms with van der Waals surface area (Å²) in [5.41, 5.74) is 4.55. The van der Waals surface area contributed by atoms with E-state index in [0.29, 0.717) is 17.8 Å². The monoisotopic (exact) mass is 419 g/mol. The molecule has 0 radical (unpaired) electrons. The number of benzene rings is 2. The maximum atomic E-state index is 13.0. The maximum Gasteiger partial charge on any atom is 0.209 e. The van der Waals surface area contributed by atoms with Crippen molar-refractivity contribution in [2.45, 2.75) is 39.8 Å². The van der Waals surface area contributed by atoms with E-state index >= 15 is 0 Å². The minimum absolute atomic E-state index is 0.0219.